The lowest BCUT2D eigenvalue weighted by Crippen LogP contribution is -2.24. The quantitative estimate of drug-likeness (QED) is 0.862. The first kappa shape index (κ1) is 15.2. The van der Waals surface area contributed by atoms with E-state index >= 15 is 0 Å². The summed E-state index contributed by atoms with van der Waals surface area (Å²) in [6, 6.07) is 14.6. The van der Waals surface area contributed by atoms with Crippen LogP contribution in [0.15, 0.2) is 69.4 Å². The largest absolute Gasteiger partial charge is 0.454 e. The highest BCUT2D eigenvalue weighted by molar-refractivity contribution is 7.91. The van der Waals surface area contributed by atoms with Gasteiger partial charge in [-0.25, -0.2) is 8.42 Å². The van der Waals surface area contributed by atoms with E-state index in [9.17, 15) is 13.2 Å². The monoisotopic (exact) mass is 330 g/mol. The zero-order chi connectivity index (χ0) is 16.4. The molecule has 3 rings (SSSR count). The second-order valence-corrected chi connectivity index (χ2v) is 6.90. The SMILES string of the molecule is CN1C(=O)COC1=Nc1cccc(S(=O)(=O)c2ccccc2)c1. The van der Waals surface area contributed by atoms with Crippen molar-refractivity contribution in [3.8, 4) is 0 Å². The summed E-state index contributed by atoms with van der Waals surface area (Å²) in [4.78, 5) is 17.2. The van der Waals surface area contributed by atoms with Gasteiger partial charge in [0, 0.05) is 7.05 Å². The smallest absolute Gasteiger partial charge is 0.299 e. The molecule has 1 aliphatic heterocycles. The Balaban J connectivity index is 1.98. The minimum Gasteiger partial charge on any atom is -0.454 e. The Hall–Kier alpha value is -2.67. The highest BCUT2D eigenvalue weighted by Gasteiger charge is 2.25. The van der Waals surface area contributed by atoms with Gasteiger partial charge < -0.3 is 4.74 Å². The van der Waals surface area contributed by atoms with E-state index < -0.39 is 9.84 Å². The summed E-state index contributed by atoms with van der Waals surface area (Å²) in [6.45, 7) is -0.0582. The summed E-state index contributed by atoms with van der Waals surface area (Å²) in [6.07, 6.45) is 0. The summed E-state index contributed by atoms with van der Waals surface area (Å²) in [5, 5.41) is 0. The number of sulfone groups is 1. The molecule has 0 radical (unpaired) electrons. The average molecular weight is 330 g/mol. The summed E-state index contributed by atoms with van der Waals surface area (Å²) < 4.78 is 30.4. The second-order valence-electron chi connectivity index (χ2n) is 4.95. The Bertz CT molecular complexity index is 876. The lowest BCUT2D eigenvalue weighted by atomic mass is 10.3. The Morgan fingerprint density at radius 3 is 2.39 bits per heavy atom. The molecule has 0 atom stereocenters. The first-order valence-corrected chi connectivity index (χ1v) is 8.35. The molecule has 1 saturated heterocycles. The number of carbonyl (C=O) groups is 1. The van der Waals surface area contributed by atoms with Crippen molar-refractivity contribution in [3.05, 3.63) is 54.6 Å². The Labute approximate surface area is 133 Å². The number of hydrogen-bond acceptors (Lipinski definition) is 5. The van der Waals surface area contributed by atoms with E-state index in [4.69, 9.17) is 4.74 Å². The first-order valence-electron chi connectivity index (χ1n) is 6.87. The highest BCUT2D eigenvalue weighted by Crippen LogP contribution is 2.25. The van der Waals surface area contributed by atoms with Crippen molar-refractivity contribution in [1.29, 1.82) is 0 Å². The molecule has 0 bridgehead atoms. The Morgan fingerprint density at radius 2 is 1.74 bits per heavy atom. The zero-order valence-corrected chi connectivity index (χ0v) is 13.2. The molecule has 0 aromatic heterocycles. The lowest BCUT2D eigenvalue weighted by molar-refractivity contribution is -0.124. The van der Waals surface area contributed by atoms with Gasteiger partial charge in [-0.2, -0.15) is 4.99 Å². The number of carbonyl (C=O) groups excluding carboxylic acids is 1. The predicted octanol–water partition coefficient (Wildman–Crippen LogP) is 2.00. The maximum Gasteiger partial charge on any atom is 0.299 e. The maximum absolute atomic E-state index is 12.6. The van der Waals surface area contributed by atoms with Crippen molar-refractivity contribution in [2.75, 3.05) is 13.7 Å². The van der Waals surface area contributed by atoms with Crippen molar-refractivity contribution >= 4 is 27.5 Å². The van der Waals surface area contributed by atoms with Gasteiger partial charge in [0.1, 0.15) is 0 Å². The summed E-state index contributed by atoms with van der Waals surface area (Å²) in [5.74, 6) is -0.197. The molecule has 1 fully saturated rings. The summed E-state index contributed by atoms with van der Waals surface area (Å²) >= 11 is 0. The van der Waals surface area contributed by atoms with Crippen molar-refractivity contribution < 1.29 is 17.9 Å². The van der Waals surface area contributed by atoms with Gasteiger partial charge in [-0.1, -0.05) is 24.3 Å². The van der Waals surface area contributed by atoms with E-state index in [1.807, 2.05) is 0 Å². The number of hydrogen-bond donors (Lipinski definition) is 0. The lowest BCUT2D eigenvalue weighted by Gasteiger charge is -2.07. The molecule has 6 nitrogen and oxygen atoms in total. The van der Waals surface area contributed by atoms with Crippen LogP contribution in [0.4, 0.5) is 5.69 Å². The van der Waals surface area contributed by atoms with E-state index in [0.29, 0.717) is 5.69 Å². The molecule has 0 spiro atoms. The molecular weight excluding hydrogens is 316 g/mol. The molecule has 1 aliphatic rings. The fourth-order valence-corrected chi connectivity index (χ4v) is 3.42. The van der Waals surface area contributed by atoms with Crippen molar-refractivity contribution in [1.82, 2.24) is 4.90 Å². The summed E-state index contributed by atoms with van der Waals surface area (Å²) in [7, 11) is -2.06. The number of amidine groups is 1. The van der Waals surface area contributed by atoms with Crippen LogP contribution in [0.3, 0.4) is 0 Å². The summed E-state index contributed by atoms with van der Waals surface area (Å²) in [5.41, 5.74) is 0.401. The molecule has 7 heteroatoms. The van der Waals surface area contributed by atoms with E-state index in [2.05, 4.69) is 4.99 Å². The molecule has 2 aromatic rings. The molecule has 0 unspecified atom stereocenters. The number of nitrogens with zero attached hydrogens (tertiary/aromatic N) is 2. The van der Waals surface area contributed by atoms with E-state index in [1.54, 1.807) is 49.5 Å². The third-order valence-electron chi connectivity index (χ3n) is 3.39. The van der Waals surface area contributed by atoms with Gasteiger partial charge in [-0.15, -0.1) is 0 Å². The van der Waals surface area contributed by atoms with Gasteiger partial charge in [0.15, 0.2) is 6.61 Å². The van der Waals surface area contributed by atoms with Gasteiger partial charge in [0.05, 0.1) is 15.5 Å². The van der Waals surface area contributed by atoms with Crippen LogP contribution < -0.4 is 0 Å². The Kier molecular flexibility index (Phi) is 3.87. The minimum atomic E-state index is -3.61. The molecular formula is C16H14N2O4S. The average Bonchev–Trinajstić information content (AvgIpc) is 2.88. The number of ether oxygens (including phenoxy) is 1. The van der Waals surface area contributed by atoms with Crippen LogP contribution in [-0.2, 0) is 19.4 Å². The van der Waals surface area contributed by atoms with Crippen LogP contribution >= 0.6 is 0 Å². The molecule has 1 amide bonds. The molecule has 1 heterocycles. The molecule has 0 aliphatic carbocycles. The molecule has 0 N–H and O–H groups in total. The van der Waals surface area contributed by atoms with Crippen LogP contribution in [0.1, 0.15) is 0 Å². The minimum absolute atomic E-state index is 0.0582. The highest BCUT2D eigenvalue weighted by atomic mass is 32.2. The predicted molar refractivity (Wildman–Crippen MR) is 84.2 cm³/mol. The number of rotatable bonds is 3. The zero-order valence-electron chi connectivity index (χ0n) is 12.3. The fourth-order valence-electron chi connectivity index (χ4n) is 2.10. The normalized spacial score (nSPS) is 16.7. The maximum atomic E-state index is 12.6. The molecule has 23 heavy (non-hydrogen) atoms. The van der Waals surface area contributed by atoms with Gasteiger partial charge in [-0.3, -0.25) is 9.69 Å². The van der Waals surface area contributed by atoms with E-state index in [0.717, 1.165) is 0 Å². The fraction of sp³-hybridized carbons (Fsp3) is 0.125. The number of likely N-dealkylation sites (N-methyl/N-ethyl adjacent to an activating group) is 1. The van der Waals surface area contributed by atoms with Crippen LogP contribution in [0, 0.1) is 0 Å². The van der Waals surface area contributed by atoms with Crippen LogP contribution in [0.5, 0.6) is 0 Å². The van der Waals surface area contributed by atoms with Crippen LogP contribution in [0.2, 0.25) is 0 Å². The number of benzene rings is 2. The van der Waals surface area contributed by atoms with Crippen molar-refractivity contribution in [2.24, 2.45) is 4.99 Å². The van der Waals surface area contributed by atoms with Gasteiger partial charge >= 0.3 is 0 Å². The third-order valence-corrected chi connectivity index (χ3v) is 5.16. The van der Waals surface area contributed by atoms with Crippen molar-refractivity contribution in [3.63, 3.8) is 0 Å². The first-order chi connectivity index (χ1) is 11.0. The standard InChI is InChI=1S/C16H14N2O4S/c1-18-15(19)11-22-16(18)17-12-6-5-9-14(10-12)23(20,21)13-7-3-2-4-8-13/h2-10H,11H2,1H3. The van der Waals surface area contributed by atoms with E-state index in [-0.39, 0.29) is 28.3 Å². The number of aliphatic imine (C=N–C) groups is 1. The second kappa shape index (κ2) is 5.85. The van der Waals surface area contributed by atoms with Gasteiger partial charge in [0.25, 0.3) is 11.9 Å². The molecule has 0 saturated carbocycles. The van der Waals surface area contributed by atoms with Gasteiger partial charge in [0.2, 0.25) is 9.84 Å². The van der Waals surface area contributed by atoms with Gasteiger partial charge in [-0.05, 0) is 30.3 Å². The third kappa shape index (κ3) is 2.95. The van der Waals surface area contributed by atoms with E-state index in [1.165, 1.54) is 17.0 Å². The molecule has 2 aromatic carbocycles. The van der Waals surface area contributed by atoms with Crippen LogP contribution in [-0.4, -0.2) is 38.9 Å². The Morgan fingerprint density at radius 1 is 1.04 bits per heavy atom. The van der Waals surface area contributed by atoms with Crippen LogP contribution in [0.25, 0.3) is 0 Å². The topological polar surface area (TPSA) is 76.0 Å². The molecule has 118 valence electrons. The van der Waals surface area contributed by atoms with Crippen molar-refractivity contribution in [2.45, 2.75) is 9.79 Å². The number of amides is 1.